The maximum atomic E-state index is 10.8. The number of hydrogen-bond donors (Lipinski definition) is 0. The van der Waals surface area contributed by atoms with E-state index >= 15 is 0 Å². The van der Waals surface area contributed by atoms with Crippen LogP contribution >= 0.6 is 11.6 Å². The zero-order valence-electron chi connectivity index (χ0n) is 17.8. The lowest BCUT2D eigenvalue weighted by atomic mass is 10.2. The Hall–Kier alpha value is -3.58. The molecule has 166 valence electrons. The number of nitro groups is 1. The van der Waals surface area contributed by atoms with Crippen molar-refractivity contribution >= 4 is 29.2 Å². The molecule has 0 radical (unpaired) electrons. The second-order valence-electron chi connectivity index (χ2n) is 6.66. The van der Waals surface area contributed by atoms with Crippen LogP contribution in [0.15, 0.2) is 65.7 Å². The summed E-state index contributed by atoms with van der Waals surface area (Å²) in [5, 5.41) is 11.2. The Morgan fingerprint density at radius 2 is 1.66 bits per heavy atom. The largest absolute Gasteiger partial charge is 0.494 e. The molecule has 8 heteroatoms. The van der Waals surface area contributed by atoms with Gasteiger partial charge >= 0.3 is 0 Å². The van der Waals surface area contributed by atoms with E-state index < -0.39 is 4.92 Å². The minimum atomic E-state index is -0.442. The fourth-order valence-electron chi connectivity index (χ4n) is 2.88. The average Bonchev–Trinajstić information content (AvgIpc) is 2.79. The zero-order valence-corrected chi connectivity index (χ0v) is 18.5. The number of rotatable bonds is 10. The molecule has 0 saturated carbocycles. The standard InChI is InChI=1S/C24H23ClN2O5/c1-3-30-21-11-7-19(8-12-21)26-15-18-13-22(25)24(23(14-18)31-4-2)32-16-17-5-9-20(10-6-17)27(28)29/h5-15H,3-4,16H2,1-2H3. The number of nitrogens with zero attached hydrogens (tertiary/aromatic N) is 2. The Morgan fingerprint density at radius 1 is 0.969 bits per heavy atom. The van der Waals surface area contributed by atoms with Crippen molar-refractivity contribution in [3.05, 3.63) is 86.9 Å². The Morgan fingerprint density at radius 3 is 2.28 bits per heavy atom. The van der Waals surface area contributed by atoms with Gasteiger partial charge < -0.3 is 14.2 Å². The van der Waals surface area contributed by atoms with Crippen molar-refractivity contribution in [2.75, 3.05) is 13.2 Å². The predicted molar refractivity (Wildman–Crippen MR) is 125 cm³/mol. The van der Waals surface area contributed by atoms with Crippen LogP contribution in [0.2, 0.25) is 5.02 Å². The molecular weight excluding hydrogens is 432 g/mol. The van der Waals surface area contributed by atoms with E-state index in [9.17, 15) is 10.1 Å². The molecule has 0 saturated heterocycles. The molecule has 0 aliphatic carbocycles. The first-order valence-electron chi connectivity index (χ1n) is 10.1. The van der Waals surface area contributed by atoms with Gasteiger partial charge in [-0.15, -0.1) is 0 Å². The minimum absolute atomic E-state index is 0.0259. The number of halogens is 1. The Kier molecular flexibility index (Phi) is 8.05. The molecule has 7 nitrogen and oxygen atoms in total. The van der Waals surface area contributed by atoms with Crippen molar-refractivity contribution in [1.29, 1.82) is 0 Å². The molecule has 0 aliphatic heterocycles. The van der Waals surface area contributed by atoms with Gasteiger partial charge in [0, 0.05) is 18.3 Å². The lowest BCUT2D eigenvalue weighted by Crippen LogP contribution is -2.01. The number of non-ortho nitro benzene ring substituents is 1. The van der Waals surface area contributed by atoms with Crippen LogP contribution < -0.4 is 14.2 Å². The lowest BCUT2D eigenvalue weighted by Gasteiger charge is -2.14. The fraction of sp³-hybridized carbons (Fsp3) is 0.208. The Labute approximate surface area is 191 Å². The Balaban J connectivity index is 1.75. The number of hydrogen-bond acceptors (Lipinski definition) is 6. The maximum Gasteiger partial charge on any atom is 0.269 e. The SMILES string of the molecule is CCOc1ccc(N=Cc2cc(Cl)c(OCc3ccc([N+](=O)[O-])cc3)c(OCC)c2)cc1. The van der Waals surface area contributed by atoms with Crippen molar-refractivity contribution in [3.63, 3.8) is 0 Å². The highest BCUT2D eigenvalue weighted by Gasteiger charge is 2.13. The van der Waals surface area contributed by atoms with E-state index in [1.165, 1.54) is 12.1 Å². The molecule has 0 fully saturated rings. The van der Waals surface area contributed by atoms with Crippen LogP contribution in [0.4, 0.5) is 11.4 Å². The van der Waals surface area contributed by atoms with E-state index in [4.69, 9.17) is 25.8 Å². The molecule has 32 heavy (non-hydrogen) atoms. The highest BCUT2D eigenvalue weighted by Crippen LogP contribution is 2.37. The van der Waals surface area contributed by atoms with E-state index in [2.05, 4.69) is 4.99 Å². The van der Waals surface area contributed by atoms with Crippen LogP contribution in [-0.4, -0.2) is 24.4 Å². The molecule has 0 heterocycles. The number of aliphatic imine (C=N–C) groups is 1. The highest BCUT2D eigenvalue weighted by molar-refractivity contribution is 6.32. The van der Waals surface area contributed by atoms with Crippen molar-refractivity contribution in [3.8, 4) is 17.2 Å². The summed E-state index contributed by atoms with van der Waals surface area (Å²) in [6.07, 6.45) is 1.70. The van der Waals surface area contributed by atoms with Crippen LogP contribution in [0.1, 0.15) is 25.0 Å². The van der Waals surface area contributed by atoms with E-state index in [0.717, 1.165) is 22.6 Å². The summed E-state index contributed by atoms with van der Waals surface area (Å²) in [6, 6.07) is 17.2. The summed E-state index contributed by atoms with van der Waals surface area (Å²) in [5.41, 5.74) is 2.34. The van der Waals surface area contributed by atoms with Crippen LogP contribution in [0.5, 0.6) is 17.2 Å². The molecule has 3 rings (SSSR count). The van der Waals surface area contributed by atoms with Gasteiger partial charge in [0.25, 0.3) is 5.69 Å². The van der Waals surface area contributed by atoms with Gasteiger partial charge in [0.05, 0.1) is 28.8 Å². The molecular formula is C24H23ClN2O5. The summed E-state index contributed by atoms with van der Waals surface area (Å²) < 4.78 is 17.0. The van der Waals surface area contributed by atoms with Gasteiger partial charge in [-0.05, 0) is 73.5 Å². The maximum absolute atomic E-state index is 10.8. The normalized spacial score (nSPS) is 10.8. The zero-order chi connectivity index (χ0) is 22.9. The first-order valence-corrected chi connectivity index (χ1v) is 10.5. The van der Waals surface area contributed by atoms with Gasteiger partial charge in [-0.25, -0.2) is 0 Å². The molecule has 0 bridgehead atoms. The fourth-order valence-corrected chi connectivity index (χ4v) is 3.15. The Bertz CT molecular complexity index is 1080. The number of ether oxygens (including phenoxy) is 3. The highest BCUT2D eigenvalue weighted by atomic mass is 35.5. The molecule has 0 unspecified atom stereocenters. The molecule has 3 aromatic carbocycles. The molecule has 0 amide bonds. The van der Waals surface area contributed by atoms with Gasteiger partial charge in [0.15, 0.2) is 11.5 Å². The van der Waals surface area contributed by atoms with Gasteiger partial charge in [-0.2, -0.15) is 0 Å². The van der Waals surface area contributed by atoms with Crippen LogP contribution in [0.25, 0.3) is 0 Å². The molecule has 3 aromatic rings. The van der Waals surface area contributed by atoms with Crippen molar-refractivity contribution in [1.82, 2.24) is 0 Å². The molecule has 0 aromatic heterocycles. The lowest BCUT2D eigenvalue weighted by molar-refractivity contribution is -0.384. The topological polar surface area (TPSA) is 83.2 Å². The van der Waals surface area contributed by atoms with E-state index in [1.54, 1.807) is 30.5 Å². The third-order valence-electron chi connectivity index (χ3n) is 4.37. The molecule has 0 spiro atoms. The minimum Gasteiger partial charge on any atom is -0.494 e. The summed E-state index contributed by atoms with van der Waals surface area (Å²) >= 11 is 6.47. The molecule has 0 N–H and O–H groups in total. The summed E-state index contributed by atoms with van der Waals surface area (Å²) in [4.78, 5) is 14.8. The van der Waals surface area contributed by atoms with Crippen LogP contribution in [0, 0.1) is 10.1 Å². The summed E-state index contributed by atoms with van der Waals surface area (Å²) in [7, 11) is 0. The number of nitro benzene ring substituents is 1. The van der Waals surface area contributed by atoms with Crippen LogP contribution in [-0.2, 0) is 6.61 Å². The molecule has 0 atom stereocenters. The van der Waals surface area contributed by atoms with Gasteiger partial charge in [-0.1, -0.05) is 11.6 Å². The van der Waals surface area contributed by atoms with E-state index in [1.807, 2.05) is 38.1 Å². The van der Waals surface area contributed by atoms with Gasteiger partial charge in [0.1, 0.15) is 12.4 Å². The summed E-state index contributed by atoms with van der Waals surface area (Å²) in [5.74, 6) is 1.70. The first-order chi connectivity index (χ1) is 15.5. The number of benzene rings is 3. The quantitative estimate of drug-likeness (QED) is 0.202. The average molecular weight is 455 g/mol. The second-order valence-corrected chi connectivity index (χ2v) is 7.07. The monoisotopic (exact) mass is 454 g/mol. The molecule has 0 aliphatic rings. The predicted octanol–water partition coefficient (Wildman–Crippen LogP) is 6.38. The summed E-state index contributed by atoms with van der Waals surface area (Å²) in [6.45, 7) is 5.04. The van der Waals surface area contributed by atoms with Crippen molar-refractivity contribution in [2.24, 2.45) is 4.99 Å². The smallest absolute Gasteiger partial charge is 0.269 e. The third kappa shape index (κ3) is 6.21. The van der Waals surface area contributed by atoms with E-state index in [-0.39, 0.29) is 12.3 Å². The second kappa shape index (κ2) is 11.2. The van der Waals surface area contributed by atoms with Gasteiger partial charge in [-0.3, -0.25) is 15.1 Å². The van der Waals surface area contributed by atoms with Crippen LogP contribution in [0.3, 0.4) is 0 Å². The van der Waals surface area contributed by atoms with Gasteiger partial charge in [0.2, 0.25) is 0 Å². The van der Waals surface area contributed by atoms with Crippen molar-refractivity contribution < 1.29 is 19.1 Å². The van der Waals surface area contributed by atoms with Crippen molar-refractivity contribution in [2.45, 2.75) is 20.5 Å². The van der Waals surface area contributed by atoms with E-state index in [0.29, 0.717) is 29.7 Å². The third-order valence-corrected chi connectivity index (χ3v) is 4.65. The first kappa shape index (κ1) is 23.1.